The zero-order chi connectivity index (χ0) is 11.5. The van der Waals surface area contributed by atoms with E-state index in [-0.39, 0.29) is 0 Å². The zero-order valence-corrected chi connectivity index (χ0v) is 12.6. The second-order valence-electron chi connectivity index (χ2n) is 4.50. The first-order valence-electron chi connectivity index (χ1n) is 5.86. The molecule has 0 aromatic carbocycles. The predicted molar refractivity (Wildman–Crippen MR) is 72.4 cm³/mol. The molecule has 0 aliphatic heterocycles. The standard InChI is InChI=1S/C12H17Br2NO/c1-2-9(5-8-3-4-8)15-7-10-6-11(13)12(14)16-10/h6,8-9,15H,2-5,7H2,1H3. The summed E-state index contributed by atoms with van der Waals surface area (Å²) >= 11 is 6.77. The van der Waals surface area contributed by atoms with Gasteiger partial charge < -0.3 is 9.73 Å². The lowest BCUT2D eigenvalue weighted by molar-refractivity contribution is 0.402. The third kappa shape index (κ3) is 3.60. The molecule has 1 aromatic rings. The Hall–Kier alpha value is 0.200. The SMILES string of the molecule is CCC(CC1CC1)NCc1cc(Br)c(Br)o1. The van der Waals surface area contributed by atoms with E-state index in [0.717, 1.165) is 27.4 Å². The molecule has 0 amide bonds. The van der Waals surface area contributed by atoms with Crippen LogP contribution in [0.2, 0.25) is 0 Å². The molecular formula is C12H17Br2NO. The molecule has 2 rings (SSSR count). The van der Waals surface area contributed by atoms with Crippen molar-refractivity contribution in [3.05, 3.63) is 21.0 Å². The van der Waals surface area contributed by atoms with Crippen molar-refractivity contribution >= 4 is 31.9 Å². The summed E-state index contributed by atoms with van der Waals surface area (Å²) in [4.78, 5) is 0. The molecule has 1 fully saturated rings. The molecule has 0 spiro atoms. The molecule has 0 bridgehead atoms. The van der Waals surface area contributed by atoms with Gasteiger partial charge in [-0.2, -0.15) is 0 Å². The van der Waals surface area contributed by atoms with Crippen molar-refractivity contribution in [2.45, 2.75) is 45.2 Å². The number of rotatable bonds is 6. The van der Waals surface area contributed by atoms with Gasteiger partial charge in [0.05, 0.1) is 11.0 Å². The largest absolute Gasteiger partial charge is 0.452 e. The molecule has 1 aliphatic carbocycles. The summed E-state index contributed by atoms with van der Waals surface area (Å²) in [5.74, 6) is 1.96. The maximum absolute atomic E-state index is 5.54. The highest BCUT2D eigenvalue weighted by Gasteiger charge is 2.24. The highest BCUT2D eigenvalue weighted by atomic mass is 79.9. The fourth-order valence-corrected chi connectivity index (χ4v) is 2.53. The van der Waals surface area contributed by atoms with E-state index in [0.29, 0.717) is 6.04 Å². The van der Waals surface area contributed by atoms with E-state index >= 15 is 0 Å². The number of nitrogens with one attached hydrogen (secondary N) is 1. The van der Waals surface area contributed by atoms with E-state index in [4.69, 9.17) is 4.42 Å². The van der Waals surface area contributed by atoms with Gasteiger partial charge in [-0.05, 0) is 56.7 Å². The van der Waals surface area contributed by atoms with Crippen molar-refractivity contribution < 1.29 is 4.42 Å². The Bertz CT molecular complexity index is 327. The van der Waals surface area contributed by atoms with Crippen molar-refractivity contribution in [1.82, 2.24) is 5.32 Å². The summed E-state index contributed by atoms with van der Waals surface area (Å²) in [6.07, 6.45) is 5.37. The van der Waals surface area contributed by atoms with E-state index in [1.807, 2.05) is 6.07 Å². The summed E-state index contributed by atoms with van der Waals surface area (Å²) in [6, 6.07) is 2.65. The van der Waals surface area contributed by atoms with E-state index in [9.17, 15) is 0 Å². The van der Waals surface area contributed by atoms with Crippen molar-refractivity contribution in [3.63, 3.8) is 0 Å². The smallest absolute Gasteiger partial charge is 0.183 e. The van der Waals surface area contributed by atoms with E-state index in [2.05, 4.69) is 44.1 Å². The third-order valence-electron chi connectivity index (χ3n) is 3.07. The van der Waals surface area contributed by atoms with E-state index in [1.165, 1.54) is 25.7 Å². The van der Waals surface area contributed by atoms with Crippen LogP contribution >= 0.6 is 31.9 Å². The fraction of sp³-hybridized carbons (Fsp3) is 0.667. The maximum atomic E-state index is 5.54. The zero-order valence-electron chi connectivity index (χ0n) is 9.43. The Morgan fingerprint density at radius 2 is 2.25 bits per heavy atom. The Morgan fingerprint density at radius 3 is 2.75 bits per heavy atom. The highest BCUT2D eigenvalue weighted by molar-refractivity contribution is 9.13. The first-order valence-corrected chi connectivity index (χ1v) is 7.44. The van der Waals surface area contributed by atoms with Crippen LogP contribution in [0.4, 0.5) is 0 Å². The molecule has 2 nitrogen and oxygen atoms in total. The lowest BCUT2D eigenvalue weighted by atomic mass is 10.1. The highest BCUT2D eigenvalue weighted by Crippen LogP contribution is 2.34. The average Bonchev–Trinajstić information content (AvgIpc) is 3.01. The molecule has 16 heavy (non-hydrogen) atoms. The molecule has 1 saturated carbocycles. The van der Waals surface area contributed by atoms with Crippen LogP contribution in [0.15, 0.2) is 19.6 Å². The van der Waals surface area contributed by atoms with Crippen LogP contribution < -0.4 is 5.32 Å². The molecule has 1 aliphatic rings. The van der Waals surface area contributed by atoms with Gasteiger partial charge in [0.2, 0.25) is 0 Å². The van der Waals surface area contributed by atoms with E-state index < -0.39 is 0 Å². The number of hydrogen-bond acceptors (Lipinski definition) is 2. The monoisotopic (exact) mass is 349 g/mol. The van der Waals surface area contributed by atoms with Gasteiger partial charge in [-0.25, -0.2) is 0 Å². The Balaban J connectivity index is 1.79. The molecule has 1 N–H and O–H groups in total. The topological polar surface area (TPSA) is 25.2 Å². The summed E-state index contributed by atoms with van der Waals surface area (Å²) in [6.45, 7) is 3.06. The van der Waals surface area contributed by atoms with Crippen LogP contribution in [0, 0.1) is 5.92 Å². The second kappa shape index (κ2) is 5.69. The average molecular weight is 351 g/mol. The Morgan fingerprint density at radius 1 is 1.50 bits per heavy atom. The van der Waals surface area contributed by atoms with Crippen LogP contribution in [-0.4, -0.2) is 6.04 Å². The number of furan rings is 1. The second-order valence-corrected chi connectivity index (χ2v) is 6.07. The van der Waals surface area contributed by atoms with Crippen molar-refractivity contribution in [2.75, 3.05) is 0 Å². The van der Waals surface area contributed by atoms with Gasteiger partial charge in [0.25, 0.3) is 0 Å². The molecular weight excluding hydrogens is 334 g/mol. The van der Waals surface area contributed by atoms with Gasteiger partial charge >= 0.3 is 0 Å². The minimum Gasteiger partial charge on any atom is -0.452 e. The molecule has 1 heterocycles. The lowest BCUT2D eigenvalue weighted by Crippen LogP contribution is -2.28. The fourth-order valence-electron chi connectivity index (χ4n) is 1.87. The Labute approximate surface area is 113 Å². The lowest BCUT2D eigenvalue weighted by Gasteiger charge is -2.15. The van der Waals surface area contributed by atoms with Gasteiger partial charge in [-0.3, -0.25) is 0 Å². The minimum absolute atomic E-state index is 0.634. The van der Waals surface area contributed by atoms with Gasteiger partial charge in [0.15, 0.2) is 4.67 Å². The molecule has 1 unspecified atom stereocenters. The van der Waals surface area contributed by atoms with Crippen LogP contribution in [0.3, 0.4) is 0 Å². The number of halogens is 2. The van der Waals surface area contributed by atoms with E-state index in [1.54, 1.807) is 0 Å². The quantitative estimate of drug-likeness (QED) is 0.818. The summed E-state index contributed by atoms with van der Waals surface area (Å²) in [5, 5.41) is 3.56. The molecule has 0 saturated heterocycles. The van der Waals surface area contributed by atoms with Gasteiger partial charge in [0.1, 0.15) is 5.76 Å². The van der Waals surface area contributed by atoms with Crippen LogP contribution in [-0.2, 0) is 6.54 Å². The van der Waals surface area contributed by atoms with Crippen molar-refractivity contribution in [3.8, 4) is 0 Å². The van der Waals surface area contributed by atoms with Gasteiger partial charge in [0, 0.05) is 6.04 Å². The van der Waals surface area contributed by atoms with Crippen molar-refractivity contribution in [1.29, 1.82) is 0 Å². The normalized spacial score (nSPS) is 17.7. The predicted octanol–water partition coefficient (Wildman–Crippen LogP) is 4.47. The van der Waals surface area contributed by atoms with Crippen LogP contribution in [0.5, 0.6) is 0 Å². The third-order valence-corrected chi connectivity index (χ3v) is 4.78. The maximum Gasteiger partial charge on any atom is 0.183 e. The van der Waals surface area contributed by atoms with Gasteiger partial charge in [-0.15, -0.1) is 0 Å². The summed E-state index contributed by atoms with van der Waals surface area (Å²) in [5.41, 5.74) is 0. The summed E-state index contributed by atoms with van der Waals surface area (Å²) in [7, 11) is 0. The van der Waals surface area contributed by atoms with Crippen molar-refractivity contribution in [2.24, 2.45) is 5.92 Å². The molecule has 4 heteroatoms. The number of hydrogen-bond donors (Lipinski definition) is 1. The molecule has 90 valence electrons. The first-order chi connectivity index (χ1) is 7.69. The molecule has 0 radical (unpaired) electrons. The van der Waals surface area contributed by atoms with Crippen LogP contribution in [0.1, 0.15) is 38.4 Å². The minimum atomic E-state index is 0.634. The molecule has 1 atom stereocenters. The van der Waals surface area contributed by atoms with Gasteiger partial charge in [-0.1, -0.05) is 19.8 Å². The first kappa shape index (κ1) is 12.7. The molecule has 1 aromatic heterocycles. The Kier molecular flexibility index (Phi) is 4.50. The van der Waals surface area contributed by atoms with Crippen LogP contribution in [0.25, 0.3) is 0 Å². The summed E-state index contributed by atoms with van der Waals surface area (Å²) < 4.78 is 7.30.